The molecule has 0 fully saturated rings. The molecule has 4 N–H and O–H groups in total. The Morgan fingerprint density at radius 2 is 1.56 bits per heavy atom. The number of ether oxygens (including phenoxy) is 2. The summed E-state index contributed by atoms with van der Waals surface area (Å²) in [6.07, 6.45) is -1.14. The van der Waals surface area contributed by atoms with Crippen LogP contribution in [0, 0.1) is 0 Å². The van der Waals surface area contributed by atoms with E-state index in [4.69, 9.17) is 14.6 Å². The number of amides is 2. The van der Waals surface area contributed by atoms with Crippen molar-refractivity contribution in [2.24, 2.45) is 5.14 Å². The molecule has 0 heterocycles. The summed E-state index contributed by atoms with van der Waals surface area (Å²) in [5.41, 5.74) is 0.631. The molecule has 0 radical (unpaired) electrons. The molecule has 10 nitrogen and oxygen atoms in total. The third-order valence-corrected chi connectivity index (χ3v) is 4.94. The summed E-state index contributed by atoms with van der Waals surface area (Å²) >= 11 is 0. The minimum Gasteiger partial charge on any atom is -0.491 e. The lowest BCUT2D eigenvalue weighted by Gasteiger charge is -2.14. The third kappa shape index (κ3) is 7.67. The number of rotatable bonds is 9. The maximum absolute atomic E-state index is 12.2. The zero-order valence-electron chi connectivity index (χ0n) is 17.8. The number of anilines is 1. The van der Waals surface area contributed by atoms with Crippen LogP contribution in [0.5, 0.6) is 5.75 Å². The molecule has 0 spiro atoms. The van der Waals surface area contributed by atoms with Gasteiger partial charge in [-0.25, -0.2) is 13.6 Å². The molecule has 0 saturated heterocycles. The second-order valence-corrected chi connectivity index (χ2v) is 8.63. The molecule has 2 aromatic carbocycles. The molecule has 2 aromatic rings. The lowest BCUT2D eigenvalue weighted by molar-refractivity contribution is -0.152. The number of esters is 1. The molecular formula is C21H25N3O7S. The number of hydrogen-bond acceptors (Lipinski definition) is 7. The fourth-order valence-corrected chi connectivity index (χ4v) is 2.99. The van der Waals surface area contributed by atoms with Crippen LogP contribution < -0.4 is 20.5 Å². The van der Waals surface area contributed by atoms with Gasteiger partial charge < -0.3 is 20.1 Å². The van der Waals surface area contributed by atoms with E-state index in [0.29, 0.717) is 17.0 Å². The minimum atomic E-state index is -3.84. The van der Waals surface area contributed by atoms with Crippen LogP contribution in [0.15, 0.2) is 53.4 Å². The fraction of sp³-hybridized carbons (Fsp3) is 0.286. The maximum Gasteiger partial charge on any atom is 0.326 e. The molecule has 0 aliphatic carbocycles. The molecule has 2 rings (SSSR count). The highest BCUT2D eigenvalue weighted by Gasteiger charge is 2.19. The average Bonchev–Trinajstić information content (AvgIpc) is 2.71. The highest BCUT2D eigenvalue weighted by molar-refractivity contribution is 7.89. The zero-order chi connectivity index (χ0) is 23.9. The van der Waals surface area contributed by atoms with Crippen LogP contribution in [-0.4, -0.2) is 45.0 Å². The lowest BCUT2D eigenvalue weighted by atomic mass is 10.2. The van der Waals surface area contributed by atoms with Crippen molar-refractivity contribution in [3.05, 3.63) is 54.1 Å². The Labute approximate surface area is 186 Å². The number of carbonyl (C=O) groups is 3. The lowest BCUT2D eigenvalue weighted by Crippen LogP contribution is -2.35. The van der Waals surface area contributed by atoms with Crippen LogP contribution in [0.3, 0.4) is 0 Å². The van der Waals surface area contributed by atoms with Gasteiger partial charge in [-0.1, -0.05) is 0 Å². The molecule has 172 valence electrons. The molecule has 0 saturated carbocycles. The quantitative estimate of drug-likeness (QED) is 0.475. The zero-order valence-corrected chi connectivity index (χ0v) is 18.6. The van der Waals surface area contributed by atoms with E-state index in [1.807, 2.05) is 13.8 Å². The minimum absolute atomic E-state index is 0.00471. The van der Waals surface area contributed by atoms with Gasteiger partial charge in [-0.05, 0) is 69.3 Å². The first kappa shape index (κ1) is 24.8. The van der Waals surface area contributed by atoms with Crippen LogP contribution >= 0.6 is 0 Å². The first-order valence-electron chi connectivity index (χ1n) is 9.64. The van der Waals surface area contributed by atoms with Crippen LogP contribution in [0.25, 0.3) is 0 Å². The van der Waals surface area contributed by atoms with Crippen LogP contribution in [-0.2, 0) is 24.3 Å². The number of primary sulfonamides is 1. The van der Waals surface area contributed by atoms with E-state index in [0.717, 1.165) is 0 Å². The van der Waals surface area contributed by atoms with Gasteiger partial charge in [0, 0.05) is 11.3 Å². The number of hydrogen-bond donors (Lipinski definition) is 3. The topological polar surface area (TPSA) is 154 Å². The summed E-state index contributed by atoms with van der Waals surface area (Å²) < 4.78 is 33.0. The van der Waals surface area contributed by atoms with E-state index in [-0.39, 0.29) is 11.0 Å². The predicted octanol–water partition coefficient (Wildman–Crippen LogP) is 1.42. The van der Waals surface area contributed by atoms with Crippen molar-refractivity contribution in [1.82, 2.24) is 5.32 Å². The Bertz CT molecular complexity index is 1070. The normalized spacial score (nSPS) is 12.0. The monoisotopic (exact) mass is 463 g/mol. The number of sulfonamides is 1. The highest BCUT2D eigenvalue weighted by Crippen LogP contribution is 2.14. The molecule has 0 aromatic heterocycles. The van der Waals surface area contributed by atoms with Gasteiger partial charge in [-0.2, -0.15) is 0 Å². The molecule has 1 unspecified atom stereocenters. The summed E-state index contributed by atoms with van der Waals surface area (Å²) in [5.74, 6) is -1.29. The summed E-state index contributed by atoms with van der Waals surface area (Å²) in [6, 6.07) is 11.6. The van der Waals surface area contributed by atoms with Gasteiger partial charge in [0.25, 0.3) is 11.8 Å². The molecule has 2 amide bonds. The van der Waals surface area contributed by atoms with Gasteiger partial charge in [0.2, 0.25) is 10.0 Å². The number of nitrogens with one attached hydrogen (secondary N) is 2. The van der Waals surface area contributed by atoms with Crippen molar-refractivity contribution in [3.63, 3.8) is 0 Å². The largest absolute Gasteiger partial charge is 0.491 e. The average molecular weight is 464 g/mol. The van der Waals surface area contributed by atoms with Gasteiger partial charge in [0.05, 0.1) is 11.0 Å². The Balaban J connectivity index is 1.81. The van der Waals surface area contributed by atoms with Gasteiger partial charge in [0.15, 0.2) is 6.10 Å². The van der Waals surface area contributed by atoms with Crippen molar-refractivity contribution < 1.29 is 32.3 Å². The first-order chi connectivity index (χ1) is 15.0. The van der Waals surface area contributed by atoms with Crippen molar-refractivity contribution in [2.45, 2.75) is 37.9 Å². The fourth-order valence-electron chi connectivity index (χ4n) is 2.48. The summed E-state index contributed by atoms with van der Waals surface area (Å²) in [7, 11) is -3.84. The van der Waals surface area contributed by atoms with E-state index >= 15 is 0 Å². The van der Waals surface area contributed by atoms with E-state index in [9.17, 15) is 22.8 Å². The molecule has 0 aliphatic heterocycles. The van der Waals surface area contributed by atoms with Gasteiger partial charge in [-0.15, -0.1) is 0 Å². The van der Waals surface area contributed by atoms with E-state index in [1.165, 1.54) is 31.2 Å². The maximum atomic E-state index is 12.2. The van der Waals surface area contributed by atoms with E-state index < -0.39 is 40.5 Å². The highest BCUT2D eigenvalue weighted by atomic mass is 32.2. The van der Waals surface area contributed by atoms with Crippen LogP contribution in [0.2, 0.25) is 0 Å². The van der Waals surface area contributed by atoms with Crippen LogP contribution in [0.1, 0.15) is 31.1 Å². The Hall–Kier alpha value is -3.44. The van der Waals surface area contributed by atoms with E-state index in [2.05, 4.69) is 10.6 Å². The number of benzene rings is 2. The molecular weight excluding hydrogens is 438 g/mol. The third-order valence-electron chi connectivity index (χ3n) is 4.01. The van der Waals surface area contributed by atoms with Crippen molar-refractivity contribution in [2.75, 3.05) is 11.9 Å². The first-order valence-corrected chi connectivity index (χ1v) is 11.2. The van der Waals surface area contributed by atoms with Crippen molar-refractivity contribution in [3.8, 4) is 5.75 Å². The second kappa shape index (κ2) is 10.7. The summed E-state index contributed by atoms with van der Waals surface area (Å²) in [4.78, 5) is 36.2. The van der Waals surface area contributed by atoms with Crippen molar-refractivity contribution >= 4 is 33.5 Å². The molecule has 1 atom stereocenters. The summed E-state index contributed by atoms with van der Waals surface area (Å²) in [5, 5.41) is 9.92. The van der Waals surface area contributed by atoms with Crippen molar-refractivity contribution in [1.29, 1.82) is 0 Å². The molecule has 0 bridgehead atoms. The summed E-state index contributed by atoms with van der Waals surface area (Å²) in [6.45, 7) is 4.71. The SMILES string of the molecule is CC(C)Oc1ccc(C(=O)NCC(=O)OC(C)C(=O)Nc2ccc(S(N)(=O)=O)cc2)cc1. The number of carbonyl (C=O) groups excluding carboxylic acids is 3. The molecule has 32 heavy (non-hydrogen) atoms. The molecule has 11 heteroatoms. The smallest absolute Gasteiger partial charge is 0.326 e. The molecule has 0 aliphatic rings. The van der Waals surface area contributed by atoms with E-state index in [1.54, 1.807) is 24.3 Å². The van der Waals surface area contributed by atoms with Gasteiger partial charge >= 0.3 is 5.97 Å². The second-order valence-electron chi connectivity index (χ2n) is 7.06. The Morgan fingerprint density at radius 3 is 2.09 bits per heavy atom. The number of nitrogens with two attached hydrogens (primary N) is 1. The van der Waals surface area contributed by atoms with Gasteiger partial charge in [0.1, 0.15) is 12.3 Å². The predicted molar refractivity (Wildman–Crippen MR) is 117 cm³/mol. The van der Waals surface area contributed by atoms with Crippen LogP contribution in [0.4, 0.5) is 5.69 Å². The Kier molecular flexibility index (Phi) is 8.33. The Morgan fingerprint density at radius 1 is 0.969 bits per heavy atom. The van der Waals surface area contributed by atoms with Gasteiger partial charge in [-0.3, -0.25) is 14.4 Å². The standard InChI is InChI=1S/C21H25N3O7S/c1-13(2)30-17-8-4-15(5-9-17)21(27)23-12-19(25)31-14(3)20(26)24-16-6-10-18(11-7-16)32(22,28)29/h4-11,13-14H,12H2,1-3H3,(H,23,27)(H,24,26)(H2,22,28,29).